The molecule has 0 saturated heterocycles. The van der Waals surface area contributed by atoms with Crippen molar-refractivity contribution in [3.8, 4) is 22.8 Å². The molecule has 0 atom stereocenters. The van der Waals surface area contributed by atoms with E-state index in [1.165, 1.54) is 48.7 Å². The van der Waals surface area contributed by atoms with E-state index in [1.807, 2.05) is 36.4 Å². The lowest BCUT2D eigenvalue weighted by molar-refractivity contribution is 0.669. The third kappa shape index (κ3) is 4.23. The second-order valence-corrected chi connectivity index (χ2v) is 14.9. The number of rotatable bonds is 3. The summed E-state index contributed by atoms with van der Waals surface area (Å²) in [5, 5.41) is 11.8. The molecule has 0 aliphatic heterocycles. The van der Waals surface area contributed by atoms with E-state index in [4.69, 9.17) is 14.4 Å². The number of fused-ring (bicyclic) bond motifs is 14. The minimum atomic E-state index is 0.770. The summed E-state index contributed by atoms with van der Waals surface area (Å²) in [6, 6.07) is 64.7. The smallest absolute Gasteiger partial charge is 0.165 e. The molecule has 0 spiro atoms. The molecule has 0 fully saturated rings. The van der Waals surface area contributed by atoms with Crippen molar-refractivity contribution in [1.29, 1.82) is 0 Å². The van der Waals surface area contributed by atoms with Gasteiger partial charge in [0.1, 0.15) is 16.9 Å². The summed E-state index contributed by atoms with van der Waals surface area (Å²) in [5.74, 6) is 0.770. The molecule has 0 unspecified atom stereocenters. The maximum absolute atomic E-state index is 6.42. The summed E-state index contributed by atoms with van der Waals surface area (Å²) in [5.41, 5.74) is 10.7. The zero-order valence-corrected chi connectivity index (χ0v) is 30.5. The Bertz CT molecular complexity index is 3830. The van der Waals surface area contributed by atoms with Gasteiger partial charge in [-0.2, -0.15) is 0 Å². The Morgan fingerprint density at radius 3 is 1.74 bits per heavy atom. The van der Waals surface area contributed by atoms with Crippen LogP contribution in [0, 0.1) is 0 Å². The third-order valence-corrected chi connectivity index (χ3v) is 11.9. The Hall–Kier alpha value is -7.76. The highest BCUT2D eigenvalue weighted by atomic mass is 16.3. The van der Waals surface area contributed by atoms with Crippen molar-refractivity contribution < 1.29 is 4.42 Å². The van der Waals surface area contributed by atoms with Crippen LogP contribution in [0.4, 0.5) is 0 Å². The summed E-state index contributed by atoms with van der Waals surface area (Å²) in [7, 11) is 0. The van der Waals surface area contributed by atoms with Gasteiger partial charge in [-0.1, -0.05) is 127 Å². The largest absolute Gasteiger partial charge is 0.456 e. The first-order valence-electron chi connectivity index (χ1n) is 19.3. The number of furan rings is 1. The minimum Gasteiger partial charge on any atom is -0.456 e. The van der Waals surface area contributed by atoms with Gasteiger partial charge in [0.2, 0.25) is 0 Å². The van der Waals surface area contributed by atoms with Gasteiger partial charge in [0.15, 0.2) is 5.82 Å². The van der Waals surface area contributed by atoms with Gasteiger partial charge in [-0.05, 0) is 76.1 Å². The van der Waals surface area contributed by atoms with Crippen LogP contribution in [0.25, 0.3) is 121 Å². The van der Waals surface area contributed by atoms with E-state index < -0.39 is 0 Å². The fourth-order valence-corrected chi connectivity index (χ4v) is 9.46. The molecule has 0 bridgehead atoms. The Labute approximate surface area is 325 Å². The summed E-state index contributed by atoms with van der Waals surface area (Å²) in [6.07, 6.45) is 0. The van der Waals surface area contributed by atoms with Gasteiger partial charge in [-0.3, -0.25) is 4.57 Å². The summed E-state index contributed by atoms with van der Waals surface area (Å²) in [6.45, 7) is 0. The molecule has 9 aromatic carbocycles. The molecule has 0 amide bonds. The monoisotopic (exact) mass is 726 g/mol. The summed E-state index contributed by atoms with van der Waals surface area (Å²) >= 11 is 0. The van der Waals surface area contributed by atoms with E-state index in [9.17, 15) is 0 Å². The minimum absolute atomic E-state index is 0.770. The van der Waals surface area contributed by atoms with Crippen LogP contribution in [0.2, 0.25) is 0 Å². The highest BCUT2D eigenvalue weighted by Crippen LogP contribution is 2.44. The second kappa shape index (κ2) is 11.4. The Kier molecular flexibility index (Phi) is 6.10. The van der Waals surface area contributed by atoms with Crippen LogP contribution in [0.3, 0.4) is 0 Å². The number of benzene rings is 9. The molecular formula is C52H30N4O. The van der Waals surface area contributed by atoms with Crippen molar-refractivity contribution in [2.75, 3.05) is 0 Å². The highest BCUT2D eigenvalue weighted by molar-refractivity contribution is 6.24. The van der Waals surface area contributed by atoms with Crippen LogP contribution in [0.15, 0.2) is 186 Å². The molecule has 57 heavy (non-hydrogen) atoms. The molecule has 0 saturated carbocycles. The van der Waals surface area contributed by atoms with E-state index in [0.717, 1.165) is 72.2 Å². The van der Waals surface area contributed by atoms with Crippen LogP contribution in [0.1, 0.15) is 0 Å². The van der Waals surface area contributed by atoms with Crippen molar-refractivity contribution in [2.45, 2.75) is 0 Å². The number of hydrogen-bond donors (Lipinski definition) is 0. The van der Waals surface area contributed by atoms with E-state index >= 15 is 0 Å². The number of aromatic nitrogens is 4. The number of para-hydroxylation sites is 4. The van der Waals surface area contributed by atoms with Gasteiger partial charge in [0.05, 0.1) is 33.1 Å². The normalized spacial score (nSPS) is 12.2. The van der Waals surface area contributed by atoms with Crippen molar-refractivity contribution in [2.24, 2.45) is 0 Å². The van der Waals surface area contributed by atoms with Crippen LogP contribution in [-0.2, 0) is 0 Å². The van der Waals surface area contributed by atoms with E-state index in [1.54, 1.807) is 0 Å². The van der Waals surface area contributed by atoms with E-state index in [2.05, 4.69) is 155 Å². The van der Waals surface area contributed by atoms with Crippen molar-refractivity contribution in [3.63, 3.8) is 0 Å². The first-order chi connectivity index (χ1) is 28.3. The molecule has 4 aromatic heterocycles. The molecule has 4 heterocycles. The Morgan fingerprint density at radius 1 is 0.368 bits per heavy atom. The SMILES string of the molecule is c1ccc2c(c1)ccc1c2c2ccccc2n1-c1ccc2c3c4ccccc4ccc3n(-c3nc4ccccc4nc3-c3cccc4oc5ccccc5c34)c2c1. The predicted molar refractivity (Wildman–Crippen MR) is 236 cm³/mol. The van der Waals surface area contributed by atoms with Crippen LogP contribution in [-0.4, -0.2) is 19.1 Å². The summed E-state index contributed by atoms with van der Waals surface area (Å²) in [4.78, 5) is 11.0. The van der Waals surface area contributed by atoms with Crippen LogP contribution < -0.4 is 0 Å². The quantitative estimate of drug-likeness (QED) is 0.182. The fraction of sp³-hybridized carbons (Fsp3) is 0. The van der Waals surface area contributed by atoms with Gasteiger partial charge in [0.25, 0.3) is 0 Å². The first-order valence-corrected chi connectivity index (χ1v) is 19.3. The average Bonchev–Trinajstić information content (AvgIpc) is 3.93. The van der Waals surface area contributed by atoms with Gasteiger partial charge >= 0.3 is 0 Å². The highest BCUT2D eigenvalue weighted by Gasteiger charge is 2.24. The summed E-state index contributed by atoms with van der Waals surface area (Å²) < 4.78 is 11.2. The van der Waals surface area contributed by atoms with Crippen LogP contribution in [0.5, 0.6) is 0 Å². The van der Waals surface area contributed by atoms with Crippen molar-refractivity contribution >= 4 is 98.1 Å². The molecule has 0 aliphatic rings. The lowest BCUT2D eigenvalue weighted by Gasteiger charge is -2.15. The van der Waals surface area contributed by atoms with E-state index in [-0.39, 0.29) is 0 Å². The molecule has 0 aliphatic carbocycles. The molecule has 264 valence electrons. The molecule has 13 aromatic rings. The third-order valence-electron chi connectivity index (χ3n) is 11.9. The van der Waals surface area contributed by atoms with Crippen LogP contribution >= 0.6 is 0 Å². The van der Waals surface area contributed by atoms with Gasteiger partial charge in [0, 0.05) is 43.6 Å². The fourth-order valence-electron chi connectivity index (χ4n) is 9.46. The lowest BCUT2D eigenvalue weighted by Crippen LogP contribution is -2.04. The Balaban J connectivity index is 1.19. The van der Waals surface area contributed by atoms with E-state index in [0.29, 0.717) is 0 Å². The molecule has 0 radical (unpaired) electrons. The maximum atomic E-state index is 6.42. The standard InChI is InChI=1S/C52H30N4O/c1-3-14-34-31(12-1)24-28-43-48(34)36-16-5-9-21-42(36)55(43)33-26-27-37-45(30-33)56(44-29-25-32-13-2-4-15-35(32)49(37)44)52-51(53-40-19-7-8-20-41(40)54-52)39-18-11-23-47-50(39)38-17-6-10-22-46(38)57-47/h1-30H. The first kappa shape index (κ1) is 30.6. The van der Waals surface area contributed by atoms with Crippen molar-refractivity contribution in [1.82, 2.24) is 19.1 Å². The lowest BCUT2D eigenvalue weighted by atomic mass is 10.0. The molecule has 13 rings (SSSR count). The van der Waals surface area contributed by atoms with Gasteiger partial charge in [-0.15, -0.1) is 0 Å². The second-order valence-electron chi connectivity index (χ2n) is 14.9. The average molecular weight is 727 g/mol. The molecule has 5 heteroatoms. The van der Waals surface area contributed by atoms with Gasteiger partial charge in [-0.25, -0.2) is 9.97 Å². The van der Waals surface area contributed by atoms with Gasteiger partial charge < -0.3 is 8.98 Å². The predicted octanol–water partition coefficient (Wildman–Crippen LogP) is 13.7. The molecule has 0 N–H and O–H groups in total. The van der Waals surface area contributed by atoms with Crippen molar-refractivity contribution in [3.05, 3.63) is 182 Å². The molecular weight excluding hydrogens is 697 g/mol. The zero-order valence-electron chi connectivity index (χ0n) is 30.5. The zero-order chi connectivity index (χ0) is 37.2. The number of nitrogens with zero attached hydrogens (tertiary/aromatic N) is 4. The Morgan fingerprint density at radius 2 is 0.965 bits per heavy atom. The topological polar surface area (TPSA) is 48.8 Å². The molecule has 5 nitrogen and oxygen atoms in total. The number of hydrogen-bond acceptors (Lipinski definition) is 3. The maximum Gasteiger partial charge on any atom is 0.165 e.